The van der Waals surface area contributed by atoms with Gasteiger partial charge in [-0.15, -0.1) is 0 Å². The van der Waals surface area contributed by atoms with E-state index in [1.807, 2.05) is 41.1 Å². The number of para-hydroxylation sites is 3. The molecular weight excluding hydrogens is 470 g/mol. The van der Waals surface area contributed by atoms with Crippen molar-refractivity contribution in [2.45, 2.75) is 39.7 Å². The van der Waals surface area contributed by atoms with E-state index in [0.717, 1.165) is 57.2 Å². The number of benzene rings is 3. The number of anilines is 1. The van der Waals surface area contributed by atoms with Crippen LogP contribution < -0.4 is 5.32 Å². The lowest BCUT2D eigenvalue weighted by atomic mass is 9.73. The average molecular weight is 500 g/mol. The van der Waals surface area contributed by atoms with Gasteiger partial charge < -0.3 is 5.32 Å². The number of hydrogen-bond donors (Lipinski definition) is 1. The SMILES string of the molecule is Cc1ccc(-c2nn(-c3ccccc3)cc2C2C3=C(CC(C)(C)CC3=O)Nc3nc4ccccc4n32)cc1. The Hall–Kier alpha value is -4.45. The lowest BCUT2D eigenvalue weighted by Gasteiger charge is -2.39. The number of imidazole rings is 1. The highest BCUT2D eigenvalue weighted by Gasteiger charge is 2.43. The molecule has 0 fully saturated rings. The van der Waals surface area contributed by atoms with Crippen LogP contribution in [0, 0.1) is 12.3 Å². The van der Waals surface area contributed by atoms with Crippen molar-refractivity contribution in [2.75, 3.05) is 5.32 Å². The molecule has 0 saturated carbocycles. The van der Waals surface area contributed by atoms with Crippen LogP contribution in [0.2, 0.25) is 0 Å². The summed E-state index contributed by atoms with van der Waals surface area (Å²) < 4.78 is 4.12. The number of carbonyl (C=O) groups excluding carboxylic acids is 1. The summed E-state index contributed by atoms with van der Waals surface area (Å²) >= 11 is 0. The van der Waals surface area contributed by atoms with Gasteiger partial charge in [-0.2, -0.15) is 5.10 Å². The molecule has 38 heavy (non-hydrogen) atoms. The van der Waals surface area contributed by atoms with Gasteiger partial charge in [0.2, 0.25) is 5.95 Å². The summed E-state index contributed by atoms with van der Waals surface area (Å²) in [6.07, 6.45) is 3.40. The highest BCUT2D eigenvalue weighted by Crippen LogP contribution is 2.48. The largest absolute Gasteiger partial charge is 0.329 e. The Balaban J connectivity index is 1.53. The Bertz CT molecular complexity index is 1740. The fraction of sp³-hybridized carbons (Fsp3) is 0.219. The molecule has 7 rings (SSSR count). The summed E-state index contributed by atoms with van der Waals surface area (Å²) in [4.78, 5) is 18.9. The number of nitrogens with one attached hydrogen (secondary N) is 1. The monoisotopic (exact) mass is 499 g/mol. The Morgan fingerprint density at radius 1 is 0.921 bits per heavy atom. The zero-order valence-electron chi connectivity index (χ0n) is 21.8. The number of carbonyl (C=O) groups is 1. The first-order valence-electron chi connectivity index (χ1n) is 13.1. The number of ketones is 1. The number of allylic oxidation sites excluding steroid dienone is 2. The molecule has 0 radical (unpaired) electrons. The minimum Gasteiger partial charge on any atom is -0.329 e. The van der Waals surface area contributed by atoms with E-state index in [-0.39, 0.29) is 17.2 Å². The number of rotatable bonds is 3. The molecule has 6 heteroatoms. The van der Waals surface area contributed by atoms with Gasteiger partial charge in [-0.1, -0.05) is 74.0 Å². The topological polar surface area (TPSA) is 64.7 Å². The highest BCUT2D eigenvalue weighted by atomic mass is 16.1. The van der Waals surface area contributed by atoms with Crippen molar-refractivity contribution in [1.29, 1.82) is 0 Å². The number of aryl methyl sites for hydroxylation is 1. The molecular formula is C32H29N5O. The molecule has 0 amide bonds. The summed E-state index contributed by atoms with van der Waals surface area (Å²) in [5.41, 5.74) is 8.62. The van der Waals surface area contributed by atoms with Gasteiger partial charge in [-0.25, -0.2) is 9.67 Å². The molecule has 5 aromatic rings. The molecule has 0 saturated heterocycles. The molecule has 188 valence electrons. The average Bonchev–Trinajstić information content (AvgIpc) is 3.50. The van der Waals surface area contributed by atoms with Crippen LogP contribution in [0.4, 0.5) is 5.95 Å². The Morgan fingerprint density at radius 2 is 1.66 bits per heavy atom. The maximum Gasteiger partial charge on any atom is 0.209 e. The van der Waals surface area contributed by atoms with E-state index < -0.39 is 0 Å². The van der Waals surface area contributed by atoms with E-state index in [2.05, 4.69) is 79.3 Å². The first-order valence-corrected chi connectivity index (χ1v) is 13.1. The van der Waals surface area contributed by atoms with Gasteiger partial charge in [-0.3, -0.25) is 9.36 Å². The van der Waals surface area contributed by atoms with Crippen LogP contribution in [-0.2, 0) is 4.79 Å². The van der Waals surface area contributed by atoms with E-state index in [4.69, 9.17) is 10.1 Å². The van der Waals surface area contributed by atoms with Gasteiger partial charge in [0.05, 0.1) is 28.5 Å². The van der Waals surface area contributed by atoms with Crippen LogP contribution in [0.15, 0.2) is 96.3 Å². The lowest BCUT2D eigenvalue weighted by Crippen LogP contribution is -2.36. The fourth-order valence-corrected chi connectivity index (χ4v) is 5.95. The van der Waals surface area contributed by atoms with Gasteiger partial charge >= 0.3 is 0 Å². The molecule has 2 aromatic heterocycles. The first kappa shape index (κ1) is 22.7. The fourth-order valence-electron chi connectivity index (χ4n) is 5.95. The summed E-state index contributed by atoms with van der Waals surface area (Å²) in [5, 5.41) is 8.68. The van der Waals surface area contributed by atoms with Crippen LogP contribution in [0.1, 0.15) is 43.9 Å². The second kappa shape index (κ2) is 8.28. The van der Waals surface area contributed by atoms with Crippen LogP contribution in [0.5, 0.6) is 0 Å². The summed E-state index contributed by atoms with van der Waals surface area (Å²) in [5.74, 6) is 0.947. The zero-order chi connectivity index (χ0) is 26.0. The standard InChI is InChI=1S/C32H29N5O/c1-20-13-15-21(16-14-20)29-23(19-36(35-29)22-9-5-4-6-10-22)30-28-25(17-32(2,3)18-27(28)38)34-31-33-24-11-7-8-12-26(24)37(30)31/h4-16,19,30H,17-18H2,1-3H3,(H,33,34). The summed E-state index contributed by atoms with van der Waals surface area (Å²) in [7, 11) is 0. The maximum atomic E-state index is 13.9. The third-order valence-corrected chi connectivity index (χ3v) is 7.69. The van der Waals surface area contributed by atoms with Crippen molar-refractivity contribution >= 4 is 22.8 Å². The van der Waals surface area contributed by atoms with Gasteiger partial charge in [0.15, 0.2) is 5.78 Å². The minimum absolute atomic E-state index is 0.115. The third-order valence-electron chi connectivity index (χ3n) is 7.69. The summed E-state index contributed by atoms with van der Waals surface area (Å²) in [6, 6.07) is 26.4. The van der Waals surface area contributed by atoms with Crippen molar-refractivity contribution in [3.63, 3.8) is 0 Å². The maximum absolute atomic E-state index is 13.9. The van der Waals surface area contributed by atoms with Crippen LogP contribution in [-0.4, -0.2) is 25.1 Å². The van der Waals surface area contributed by atoms with Gasteiger partial charge in [-0.05, 0) is 43.0 Å². The molecule has 0 spiro atoms. The Labute approximate surface area is 221 Å². The molecule has 1 aliphatic heterocycles. The van der Waals surface area contributed by atoms with Crippen molar-refractivity contribution < 1.29 is 4.79 Å². The van der Waals surface area contributed by atoms with Gasteiger partial charge in [0.1, 0.15) is 0 Å². The Morgan fingerprint density at radius 3 is 2.45 bits per heavy atom. The first-order chi connectivity index (χ1) is 18.4. The molecule has 1 unspecified atom stereocenters. The van der Waals surface area contributed by atoms with E-state index in [0.29, 0.717) is 6.42 Å². The number of hydrogen-bond acceptors (Lipinski definition) is 4. The second-order valence-corrected chi connectivity index (χ2v) is 11.2. The van der Waals surface area contributed by atoms with Gasteiger partial charge in [0.25, 0.3) is 0 Å². The molecule has 0 bridgehead atoms. The van der Waals surface area contributed by atoms with Crippen LogP contribution in [0.25, 0.3) is 28.0 Å². The third kappa shape index (κ3) is 3.59. The van der Waals surface area contributed by atoms with Crippen molar-refractivity contribution in [3.05, 3.63) is 107 Å². The number of aromatic nitrogens is 4. The molecule has 2 aliphatic rings. The molecule has 1 atom stereocenters. The molecule has 3 aromatic carbocycles. The number of Topliss-reactive ketones (excluding diaryl/α,β-unsaturated/α-hetero) is 1. The Kier molecular flexibility index (Phi) is 4.95. The van der Waals surface area contributed by atoms with E-state index in [9.17, 15) is 4.79 Å². The minimum atomic E-state index is -0.342. The summed E-state index contributed by atoms with van der Waals surface area (Å²) in [6.45, 7) is 6.41. The zero-order valence-corrected chi connectivity index (χ0v) is 21.8. The normalized spacial score (nSPS) is 18.3. The number of fused-ring (bicyclic) bond motifs is 3. The molecule has 6 nitrogen and oxygen atoms in total. The van der Waals surface area contributed by atoms with Crippen molar-refractivity contribution in [3.8, 4) is 16.9 Å². The van der Waals surface area contributed by atoms with E-state index in [1.54, 1.807) is 0 Å². The molecule has 1 N–H and O–H groups in total. The predicted molar refractivity (Wildman–Crippen MR) is 150 cm³/mol. The number of nitrogens with zero attached hydrogens (tertiary/aromatic N) is 4. The molecule has 3 heterocycles. The predicted octanol–water partition coefficient (Wildman–Crippen LogP) is 6.86. The molecule has 1 aliphatic carbocycles. The van der Waals surface area contributed by atoms with Crippen LogP contribution >= 0.6 is 0 Å². The quantitative estimate of drug-likeness (QED) is 0.295. The van der Waals surface area contributed by atoms with Crippen molar-refractivity contribution in [2.24, 2.45) is 5.41 Å². The smallest absolute Gasteiger partial charge is 0.209 e. The van der Waals surface area contributed by atoms with Crippen molar-refractivity contribution in [1.82, 2.24) is 19.3 Å². The van der Waals surface area contributed by atoms with Gasteiger partial charge in [0, 0.05) is 35.0 Å². The second-order valence-electron chi connectivity index (χ2n) is 11.2. The van der Waals surface area contributed by atoms with Crippen LogP contribution in [0.3, 0.4) is 0 Å². The van der Waals surface area contributed by atoms with E-state index >= 15 is 0 Å². The van der Waals surface area contributed by atoms with E-state index in [1.165, 1.54) is 5.56 Å². The lowest BCUT2D eigenvalue weighted by molar-refractivity contribution is -0.118. The highest BCUT2D eigenvalue weighted by molar-refractivity contribution is 6.01.